The topological polar surface area (TPSA) is 69.7 Å². The average molecular weight is 676 g/mol. The van der Waals surface area contributed by atoms with Crippen LogP contribution in [-0.4, -0.2) is 31.6 Å². The van der Waals surface area contributed by atoms with E-state index in [4.69, 9.17) is 9.47 Å². The van der Waals surface area contributed by atoms with Gasteiger partial charge in [0.05, 0.1) is 14.2 Å². The van der Waals surface area contributed by atoms with Crippen LogP contribution in [-0.2, 0) is 33.6 Å². The molecular formula is C26H30I2O5. The summed E-state index contributed by atoms with van der Waals surface area (Å²) in [4.78, 5) is 34.7. The third-order valence-corrected chi connectivity index (χ3v) is 6.16. The lowest BCUT2D eigenvalue weighted by Crippen LogP contribution is -2.26. The maximum absolute atomic E-state index is 11.8. The predicted molar refractivity (Wildman–Crippen MR) is 147 cm³/mol. The molecule has 5 nitrogen and oxygen atoms in total. The van der Waals surface area contributed by atoms with Crippen LogP contribution < -0.4 is 9.47 Å². The van der Waals surface area contributed by atoms with Crippen molar-refractivity contribution >= 4 is 54.6 Å². The Morgan fingerprint density at radius 3 is 1.97 bits per heavy atom. The molecule has 0 bridgehead atoms. The van der Waals surface area contributed by atoms with Gasteiger partial charge in [0.2, 0.25) is 0 Å². The lowest BCUT2D eigenvalue weighted by molar-refractivity contribution is -0.128. The van der Waals surface area contributed by atoms with Crippen LogP contribution in [0, 0.1) is 13.8 Å². The van der Waals surface area contributed by atoms with Gasteiger partial charge in [0.25, 0.3) is 0 Å². The van der Waals surface area contributed by atoms with Gasteiger partial charge >= 0.3 is 0 Å². The molecule has 0 N–H and O–H groups in total. The van der Waals surface area contributed by atoms with Crippen LogP contribution in [0.25, 0.3) is 0 Å². The van der Waals surface area contributed by atoms with Crippen LogP contribution in [0.4, 0.5) is 0 Å². The highest BCUT2D eigenvalue weighted by Crippen LogP contribution is 2.37. The average Bonchev–Trinajstić information content (AvgIpc) is 2.80. The fourth-order valence-electron chi connectivity index (χ4n) is 4.66. The first kappa shape index (κ1) is 27.8. The van der Waals surface area contributed by atoms with Gasteiger partial charge in [-0.05, 0) is 67.0 Å². The molecule has 0 heterocycles. The number of rotatable bonds is 3. The van der Waals surface area contributed by atoms with E-state index in [9.17, 15) is 14.4 Å². The van der Waals surface area contributed by atoms with Gasteiger partial charge in [-0.1, -0.05) is 24.3 Å². The van der Waals surface area contributed by atoms with Gasteiger partial charge in [-0.15, -0.1) is 0 Å². The number of carbonyl (C=O) groups excluding carboxylic acids is 3. The number of benzene rings is 2. The molecule has 0 saturated heterocycles. The van der Waals surface area contributed by atoms with Crippen molar-refractivity contribution in [3.63, 3.8) is 0 Å². The molecule has 0 radical (unpaired) electrons. The number of carbonyl (C=O) groups is 3. The van der Waals surface area contributed by atoms with Crippen LogP contribution in [0.5, 0.6) is 11.5 Å². The summed E-state index contributed by atoms with van der Waals surface area (Å²) < 4.78 is 10.8. The second-order valence-electron chi connectivity index (χ2n) is 8.26. The Labute approximate surface area is 219 Å². The normalized spacial score (nSPS) is 16.3. The van der Waals surface area contributed by atoms with Gasteiger partial charge in [0, 0.05) is 56.5 Å². The van der Waals surface area contributed by atoms with Gasteiger partial charge in [-0.2, -0.15) is 0 Å². The lowest BCUT2D eigenvalue weighted by Gasteiger charge is -2.25. The minimum absolute atomic E-state index is 0.0240. The summed E-state index contributed by atoms with van der Waals surface area (Å²) in [6.07, 6.45) is 3.16. The van der Waals surface area contributed by atoms with Crippen molar-refractivity contribution in [2.45, 2.75) is 58.8 Å². The van der Waals surface area contributed by atoms with Crippen molar-refractivity contribution in [1.29, 1.82) is 0 Å². The van der Waals surface area contributed by atoms with E-state index in [1.165, 1.54) is 12.5 Å². The number of halogens is 2. The summed E-state index contributed by atoms with van der Waals surface area (Å²) in [6.45, 7) is 5.48. The van der Waals surface area contributed by atoms with Gasteiger partial charge in [-0.25, -0.2) is 0 Å². The van der Waals surface area contributed by atoms with Gasteiger partial charge in [-0.3, -0.25) is 14.4 Å². The third-order valence-electron chi connectivity index (χ3n) is 6.16. The zero-order chi connectivity index (χ0) is 24.7. The SMILES string of the molecule is COc1c(C)ccc2c1CCC(=O)C2.COc1c(C)ccc2c1CCC(=O)C2C(C)=O.II. The van der Waals surface area contributed by atoms with Crippen molar-refractivity contribution < 1.29 is 23.9 Å². The molecule has 0 fully saturated rings. The molecule has 2 aliphatic carbocycles. The standard InChI is InChI=1S/C14H16O3.C12H14O2.I2/c1-8-4-5-10-11(14(8)17-3)6-7-12(16)13(10)9(2)15;1-8-3-4-9-7-10(13)5-6-11(9)12(8)14-2;1-2/h4-5,13H,6-7H2,1-3H3;3-4H,5-7H2,1-2H3;. The first-order chi connectivity index (χ1) is 15.8. The molecule has 0 spiro atoms. The molecule has 0 aliphatic heterocycles. The summed E-state index contributed by atoms with van der Waals surface area (Å²) in [5, 5.41) is 0. The van der Waals surface area contributed by atoms with E-state index in [0.29, 0.717) is 31.5 Å². The van der Waals surface area contributed by atoms with E-state index in [-0.39, 0.29) is 11.6 Å². The number of aryl methyl sites for hydroxylation is 2. The molecule has 4 rings (SSSR count). The van der Waals surface area contributed by atoms with E-state index in [2.05, 4.69) is 37.2 Å². The molecule has 1 unspecified atom stereocenters. The molecule has 7 heteroatoms. The molecule has 1 atom stereocenters. The van der Waals surface area contributed by atoms with Crippen LogP contribution in [0.1, 0.15) is 59.1 Å². The second-order valence-corrected chi connectivity index (χ2v) is 8.26. The van der Waals surface area contributed by atoms with Crippen molar-refractivity contribution in [2.24, 2.45) is 0 Å². The number of Topliss-reactive ketones (excluding diaryl/α,β-unsaturated/α-hetero) is 3. The Morgan fingerprint density at radius 1 is 0.848 bits per heavy atom. The minimum Gasteiger partial charge on any atom is -0.496 e. The summed E-state index contributed by atoms with van der Waals surface area (Å²) >= 11 is 4.24. The molecule has 2 aromatic carbocycles. The summed E-state index contributed by atoms with van der Waals surface area (Å²) in [7, 11) is 3.32. The van der Waals surface area contributed by atoms with E-state index in [1.807, 2.05) is 38.1 Å². The Balaban J connectivity index is 0.000000221. The summed E-state index contributed by atoms with van der Waals surface area (Å²) in [5.41, 5.74) is 6.42. The zero-order valence-corrected chi connectivity index (χ0v) is 24.0. The number of ether oxygens (including phenoxy) is 2. The highest BCUT2D eigenvalue weighted by Gasteiger charge is 2.33. The molecular weight excluding hydrogens is 646 g/mol. The number of methoxy groups -OCH3 is 2. The largest absolute Gasteiger partial charge is 0.496 e. The maximum atomic E-state index is 11.8. The minimum atomic E-state index is -0.590. The molecule has 33 heavy (non-hydrogen) atoms. The van der Waals surface area contributed by atoms with Crippen molar-refractivity contribution in [3.05, 3.63) is 57.6 Å². The highest BCUT2D eigenvalue weighted by atomic mass is 128. The molecule has 0 saturated carbocycles. The number of ketones is 3. The highest BCUT2D eigenvalue weighted by molar-refractivity contribution is 15.0. The molecule has 0 aromatic heterocycles. The van der Waals surface area contributed by atoms with E-state index < -0.39 is 5.92 Å². The quantitative estimate of drug-likeness (QED) is 0.294. The van der Waals surface area contributed by atoms with Crippen LogP contribution >= 0.6 is 37.2 Å². The first-order valence-electron chi connectivity index (χ1n) is 10.8. The third kappa shape index (κ3) is 6.35. The molecule has 0 amide bonds. The van der Waals surface area contributed by atoms with Crippen molar-refractivity contribution in [1.82, 2.24) is 0 Å². The zero-order valence-electron chi connectivity index (χ0n) is 19.7. The second kappa shape index (κ2) is 12.8. The Kier molecular flexibility index (Phi) is 10.8. The first-order valence-corrected chi connectivity index (χ1v) is 17.1. The Hall–Kier alpha value is -1.49. The van der Waals surface area contributed by atoms with Crippen LogP contribution in [0.15, 0.2) is 24.3 Å². The fourth-order valence-corrected chi connectivity index (χ4v) is 4.66. The van der Waals surface area contributed by atoms with E-state index in [1.54, 1.807) is 14.2 Å². The van der Waals surface area contributed by atoms with E-state index >= 15 is 0 Å². The molecule has 2 aliphatic rings. The molecule has 2 aromatic rings. The summed E-state index contributed by atoms with van der Waals surface area (Å²) in [5.74, 6) is 1.48. The van der Waals surface area contributed by atoms with Crippen molar-refractivity contribution in [3.8, 4) is 11.5 Å². The van der Waals surface area contributed by atoms with Crippen LogP contribution in [0.3, 0.4) is 0 Å². The maximum Gasteiger partial charge on any atom is 0.148 e. The fraction of sp³-hybridized carbons (Fsp3) is 0.423. The van der Waals surface area contributed by atoms with Gasteiger partial charge < -0.3 is 9.47 Å². The number of hydrogen-bond donors (Lipinski definition) is 0. The van der Waals surface area contributed by atoms with Gasteiger partial charge in [0.1, 0.15) is 34.8 Å². The van der Waals surface area contributed by atoms with Gasteiger partial charge in [0.15, 0.2) is 0 Å². The monoisotopic (exact) mass is 676 g/mol. The van der Waals surface area contributed by atoms with E-state index in [0.717, 1.165) is 45.7 Å². The number of hydrogen-bond acceptors (Lipinski definition) is 5. The smallest absolute Gasteiger partial charge is 0.148 e. The lowest BCUT2D eigenvalue weighted by atomic mass is 9.79. The molecule has 178 valence electrons. The Morgan fingerprint density at radius 2 is 1.39 bits per heavy atom. The van der Waals surface area contributed by atoms with Crippen molar-refractivity contribution in [2.75, 3.05) is 14.2 Å². The van der Waals surface area contributed by atoms with Crippen LogP contribution in [0.2, 0.25) is 0 Å². The predicted octanol–water partition coefficient (Wildman–Crippen LogP) is 6.02. The summed E-state index contributed by atoms with van der Waals surface area (Å²) in [6, 6.07) is 7.86. The number of fused-ring (bicyclic) bond motifs is 2. The Bertz CT molecular complexity index is 1050.